The molecule has 164 valence electrons. The lowest BCUT2D eigenvalue weighted by molar-refractivity contribution is -0.144. The van der Waals surface area contributed by atoms with Crippen LogP contribution in [-0.4, -0.2) is 58.8 Å². The number of esters is 1. The molecule has 1 N–H and O–H groups in total. The second-order valence-electron chi connectivity index (χ2n) is 8.48. The quantitative estimate of drug-likeness (QED) is 0.705. The van der Waals surface area contributed by atoms with Crippen LogP contribution in [0, 0.1) is 6.92 Å². The minimum absolute atomic E-state index is 0.00892. The van der Waals surface area contributed by atoms with Crippen LogP contribution in [0.4, 0.5) is 0 Å². The number of hydrogen-bond donors (Lipinski definition) is 1. The second kappa shape index (κ2) is 9.47. The molecule has 7 nitrogen and oxygen atoms in total. The van der Waals surface area contributed by atoms with Gasteiger partial charge in [-0.25, -0.2) is 0 Å². The molecule has 0 aromatic carbocycles. The fourth-order valence-electron chi connectivity index (χ4n) is 4.64. The van der Waals surface area contributed by atoms with Gasteiger partial charge in [-0.3, -0.25) is 19.2 Å². The second-order valence-corrected chi connectivity index (χ2v) is 9.51. The number of aromatic nitrogens is 2. The van der Waals surface area contributed by atoms with Crippen LogP contribution in [0.1, 0.15) is 73.3 Å². The van der Waals surface area contributed by atoms with Crippen molar-refractivity contribution in [3.63, 3.8) is 0 Å². The third-order valence-electron chi connectivity index (χ3n) is 6.29. The number of amides is 1. The first-order chi connectivity index (χ1) is 14.5. The van der Waals surface area contributed by atoms with Crippen molar-refractivity contribution >= 4 is 33.4 Å². The summed E-state index contributed by atoms with van der Waals surface area (Å²) in [7, 11) is 0. The summed E-state index contributed by atoms with van der Waals surface area (Å²) in [5.41, 5.74) is 1.01. The highest BCUT2D eigenvalue weighted by atomic mass is 32.1. The van der Waals surface area contributed by atoms with Crippen LogP contribution in [0.2, 0.25) is 0 Å². The highest BCUT2D eigenvalue weighted by Crippen LogP contribution is 2.35. The number of ether oxygens (including phenoxy) is 1. The van der Waals surface area contributed by atoms with Gasteiger partial charge in [0, 0.05) is 24.5 Å². The molecular weight excluding hydrogens is 400 g/mol. The van der Waals surface area contributed by atoms with E-state index in [0.717, 1.165) is 46.7 Å². The van der Waals surface area contributed by atoms with Crippen LogP contribution in [0.5, 0.6) is 0 Å². The number of fused-ring (bicyclic) bond motifs is 1. The first kappa shape index (κ1) is 21.3. The van der Waals surface area contributed by atoms with E-state index in [-0.39, 0.29) is 17.9 Å². The SMILES string of the molecule is CCOC(=O)CN1CCC(NC(=O)c2cc3c(C)nn(C4CCCCC4)c3s2)CC1. The lowest BCUT2D eigenvalue weighted by Gasteiger charge is -2.31. The molecule has 0 unspecified atom stereocenters. The van der Waals surface area contributed by atoms with Crippen LogP contribution >= 0.6 is 11.3 Å². The molecule has 0 bridgehead atoms. The van der Waals surface area contributed by atoms with E-state index in [1.807, 2.05) is 19.9 Å². The normalized spacial score (nSPS) is 19.3. The van der Waals surface area contributed by atoms with Crippen LogP contribution in [0.15, 0.2) is 6.07 Å². The van der Waals surface area contributed by atoms with Crippen molar-refractivity contribution in [2.75, 3.05) is 26.2 Å². The van der Waals surface area contributed by atoms with Gasteiger partial charge in [-0.15, -0.1) is 11.3 Å². The molecule has 30 heavy (non-hydrogen) atoms. The summed E-state index contributed by atoms with van der Waals surface area (Å²) in [5, 5.41) is 9.10. The summed E-state index contributed by atoms with van der Waals surface area (Å²) in [6.45, 7) is 6.20. The Kier molecular flexibility index (Phi) is 6.73. The Balaban J connectivity index is 1.37. The third-order valence-corrected chi connectivity index (χ3v) is 7.42. The van der Waals surface area contributed by atoms with Crippen LogP contribution in [-0.2, 0) is 9.53 Å². The number of piperidine rings is 1. The number of thiophene rings is 1. The highest BCUT2D eigenvalue weighted by Gasteiger charge is 2.25. The van der Waals surface area contributed by atoms with E-state index in [1.54, 1.807) is 11.3 Å². The smallest absolute Gasteiger partial charge is 0.320 e. The number of hydrogen-bond acceptors (Lipinski definition) is 6. The van der Waals surface area contributed by atoms with Gasteiger partial charge in [-0.2, -0.15) is 5.10 Å². The molecule has 1 aliphatic heterocycles. The molecule has 2 aromatic rings. The van der Waals surface area contributed by atoms with Gasteiger partial charge in [-0.05, 0) is 45.6 Å². The number of carbonyl (C=O) groups excluding carboxylic acids is 2. The maximum absolute atomic E-state index is 12.9. The molecule has 0 spiro atoms. The Labute approximate surface area is 181 Å². The minimum atomic E-state index is -0.173. The van der Waals surface area contributed by atoms with Crippen LogP contribution < -0.4 is 5.32 Å². The first-order valence-electron chi connectivity index (χ1n) is 11.2. The van der Waals surface area contributed by atoms with E-state index in [2.05, 4.69) is 14.9 Å². The molecule has 2 aliphatic rings. The molecule has 1 saturated carbocycles. The Hall–Kier alpha value is -1.93. The van der Waals surface area contributed by atoms with Crippen molar-refractivity contribution in [2.24, 2.45) is 0 Å². The molecule has 4 rings (SSSR count). The van der Waals surface area contributed by atoms with E-state index in [9.17, 15) is 9.59 Å². The molecule has 0 radical (unpaired) electrons. The van der Waals surface area contributed by atoms with Gasteiger partial charge >= 0.3 is 5.97 Å². The van der Waals surface area contributed by atoms with Gasteiger partial charge < -0.3 is 10.1 Å². The lowest BCUT2D eigenvalue weighted by atomic mass is 9.96. The van der Waals surface area contributed by atoms with Gasteiger partial charge in [0.2, 0.25) is 0 Å². The standard InChI is InChI=1S/C22H32N4O3S/c1-3-29-20(27)14-25-11-9-16(10-12-25)23-21(28)19-13-18-15(2)24-26(22(18)30-19)17-7-5-4-6-8-17/h13,16-17H,3-12,14H2,1-2H3,(H,23,28). The monoisotopic (exact) mass is 432 g/mol. The Bertz CT molecular complexity index is 892. The molecule has 8 heteroatoms. The van der Waals surface area contributed by atoms with Crippen molar-refractivity contribution in [2.45, 2.75) is 70.9 Å². The fraction of sp³-hybridized carbons (Fsp3) is 0.682. The van der Waals surface area contributed by atoms with Crippen molar-refractivity contribution in [1.82, 2.24) is 20.0 Å². The third kappa shape index (κ3) is 4.70. The molecule has 1 aliphatic carbocycles. The molecule has 1 saturated heterocycles. The van der Waals surface area contributed by atoms with E-state index >= 15 is 0 Å². The Morgan fingerprint density at radius 1 is 1.20 bits per heavy atom. The maximum atomic E-state index is 12.9. The largest absolute Gasteiger partial charge is 0.465 e. The summed E-state index contributed by atoms with van der Waals surface area (Å²) in [6.07, 6.45) is 7.91. The average molecular weight is 433 g/mol. The van der Waals surface area contributed by atoms with Crippen molar-refractivity contribution in [3.8, 4) is 0 Å². The zero-order valence-corrected chi connectivity index (χ0v) is 18.8. The fourth-order valence-corrected chi connectivity index (χ4v) is 5.77. The topological polar surface area (TPSA) is 76.5 Å². The molecule has 2 fully saturated rings. The summed E-state index contributed by atoms with van der Waals surface area (Å²) >= 11 is 1.57. The molecule has 2 aromatic heterocycles. The van der Waals surface area contributed by atoms with Crippen molar-refractivity contribution < 1.29 is 14.3 Å². The van der Waals surface area contributed by atoms with Crippen molar-refractivity contribution in [3.05, 3.63) is 16.6 Å². The summed E-state index contributed by atoms with van der Waals surface area (Å²) in [4.78, 5) is 28.6. The predicted molar refractivity (Wildman–Crippen MR) is 118 cm³/mol. The zero-order valence-electron chi connectivity index (χ0n) is 18.0. The first-order valence-corrected chi connectivity index (χ1v) is 12.0. The Morgan fingerprint density at radius 2 is 1.93 bits per heavy atom. The van der Waals surface area contributed by atoms with Crippen LogP contribution in [0.25, 0.3) is 10.2 Å². The molecular formula is C22H32N4O3S. The average Bonchev–Trinajstić information content (AvgIpc) is 3.31. The van der Waals surface area contributed by atoms with E-state index < -0.39 is 0 Å². The summed E-state index contributed by atoms with van der Waals surface area (Å²) in [6, 6.07) is 2.62. The number of aryl methyl sites for hydroxylation is 1. The van der Waals surface area contributed by atoms with E-state index in [4.69, 9.17) is 9.84 Å². The highest BCUT2D eigenvalue weighted by molar-refractivity contribution is 7.20. The molecule has 3 heterocycles. The summed E-state index contributed by atoms with van der Waals surface area (Å²) in [5.74, 6) is -0.165. The number of nitrogens with zero attached hydrogens (tertiary/aromatic N) is 3. The van der Waals surface area contributed by atoms with Gasteiger partial charge in [0.05, 0.1) is 29.8 Å². The number of carbonyl (C=O) groups is 2. The predicted octanol–water partition coefficient (Wildman–Crippen LogP) is 3.67. The van der Waals surface area contributed by atoms with Gasteiger partial charge in [0.15, 0.2) is 0 Å². The minimum Gasteiger partial charge on any atom is -0.465 e. The number of likely N-dealkylation sites (tertiary alicyclic amines) is 1. The van der Waals surface area contributed by atoms with E-state index in [0.29, 0.717) is 19.2 Å². The number of rotatable bonds is 6. The van der Waals surface area contributed by atoms with Crippen molar-refractivity contribution in [1.29, 1.82) is 0 Å². The van der Waals surface area contributed by atoms with Gasteiger partial charge in [0.25, 0.3) is 5.91 Å². The number of nitrogens with one attached hydrogen (secondary N) is 1. The van der Waals surface area contributed by atoms with E-state index in [1.165, 1.54) is 32.1 Å². The van der Waals surface area contributed by atoms with Gasteiger partial charge in [0.1, 0.15) is 4.83 Å². The Morgan fingerprint density at radius 3 is 2.63 bits per heavy atom. The molecule has 1 amide bonds. The zero-order chi connectivity index (χ0) is 21.1. The van der Waals surface area contributed by atoms with Gasteiger partial charge in [-0.1, -0.05) is 19.3 Å². The van der Waals surface area contributed by atoms with Crippen LogP contribution in [0.3, 0.4) is 0 Å². The maximum Gasteiger partial charge on any atom is 0.320 e. The lowest BCUT2D eigenvalue weighted by Crippen LogP contribution is -2.46. The summed E-state index contributed by atoms with van der Waals surface area (Å²) < 4.78 is 7.20. The molecule has 0 atom stereocenters.